The zero-order valence-corrected chi connectivity index (χ0v) is 12.4. The van der Waals surface area contributed by atoms with Crippen LogP contribution in [0, 0.1) is 6.92 Å². The molecule has 5 nitrogen and oxygen atoms in total. The number of nitrogens with zero attached hydrogens (tertiary/aromatic N) is 4. The van der Waals surface area contributed by atoms with Crippen LogP contribution in [0.1, 0.15) is 23.6 Å². The van der Waals surface area contributed by atoms with Gasteiger partial charge in [0, 0.05) is 25.2 Å². The third kappa shape index (κ3) is 2.87. The Bertz CT molecular complexity index is 697. The maximum absolute atomic E-state index is 12.6. The summed E-state index contributed by atoms with van der Waals surface area (Å²) < 4.78 is 39.8. The number of fused-ring (bicyclic) bond motifs is 1. The number of halogens is 4. The van der Waals surface area contributed by atoms with E-state index in [4.69, 9.17) is 11.6 Å². The SMILES string of the molecule is Cc1nnc2n1CC(Nc1ncc(C(F)(F)F)cc1Cl)CC2. The van der Waals surface area contributed by atoms with Crippen molar-refractivity contribution in [3.63, 3.8) is 0 Å². The zero-order valence-electron chi connectivity index (χ0n) is 11.7. The largest absolute Gasteiger partial charge is 0.417 e. The molecule has 3 heterocycles. The topological polar surface area (TPSA) is 55.6 Å². The van der Waals surface area contributed by atoms with E-state index in [0.29, 0.717) is 6.54 Å². The molecule has 0 saturated heterocycles. The molecule has 1 aliphatic heterocycles. The van der Waals surface area contributed by atoms with Gasteiger partial charge in [0.15, 0.2) is 0 Å². The molecule has 0 bridgehead atoms. The van der Waals surface area contributed by atoms with Gasteiger partial charge >= 0.3 is 6.18 Å². The first-order valence-electron chi connectivity index (χ1n) is 6.72. The fraction of sp³-hybridized carbons (Fsp3) is 0.462. The van der Waals surface area contributed by atoms with Crippen molar-refractivity contribution in [3.05, 3.63) is 34.5 Å². The normalized spacial score (nSPS) is 18.1. The minimum Gasteiger partial charge on any atom is -0.364 e. The van der Waals surface area contributed by atoms with Crippen LogP contribution in [-0.2, 0) is 19.1 Å². The highest BCUT2D eigenvalue weighted by Gasteiger charge is 2.32. The molecule has 3 rings (SSSR count). The Morgan fingerprint density at radius 1 is 1.36 bits per heavy atom. The van der Waals surface area contributed by atoms with Crippen LogP contribution >= 0.6 is 11.6 Å². The van der Waals surface area contributed by atoms with Crippen molar-refractivity contribution in [2.24, 2.45) is 0 Å². The van der Waals surface area contributed by atoms with Gasteiger partial charge in [-0.25, -0.2) is 4.98 Å². The summed E-state index contributed by atoms with van der Waals surface area (Å²) in [6.45, 7) is 2.50. The summed E-state index contributed by atoms with van der Waals surface area (Å²) in [4.78, 5) is 3.80. The van der Waals surface area contributed by atoms with E-state index in [1.54, 1.807) is 0 Å². The average molecular weight is 332 g/mol. The highest BCUT2D eigenvalue weighted by Crippen LogP contribution is 2.32. The number of nitrogens with one attached hydrogen (secondary N) is 1. The van der Waals surface area contributed by atoms with Gasteiger partial charge < -0.3 is 9.88 Å². The maximum Gasteiger partial charge on any atom is 0.417 e. The number of hydrogen-bond acceptors (Lipinski definition) is 4. The quantitative estimate of drug-likeness (QED) is 0.919. The molecular formula is C13H13ClF3N5. The van der Waals surface area contributed by atoms with Crippen molar-refractivity contribution in [2.75, 3.05) is 5.32 Å². The molecule has 22 heavy (non-hydrogen) atoms. The van der Waals surface area contributed by atoms with Gasteiger partial charge in [-0.1, -0.05) is 11.6 Å². The van der Waals surface area contributed by atoms with Crippen LogP contribution in [-0.4, -0.2) is 25.8 Å². The summed E-state index contributed by atoms with van der Waals surface area (Å²) in [6.07, 6.45) is -2.13. The number of aryl methyl sites for hydroxylation is 2. The van der Waals surface area contributed by atoms with E-state index in [0.717, 1.165) is 36.8 Å². The van der Waals surface area contributed by atoms with Crippen molar-refractivity contribution >= 4 is 17.4 Å². The molecule has 118 valence electrons. The lowest BCUT2D eigenvalue weighted by atomic mass is 10.1. The second-order valence-electron chi connectivity index (χ2n) is 5.21. The van der Waals surface area contributed by atoms with Gasteiger partial charge in [-0.2, -0.15) is 13.2 Å². The van der Waals surface area contributed by atoms with Gasteiger partial charge in [0.2, 0.25) is 0 Å². The number of pyridine rings is 1. The molecule has 0 spiro atoms. The number of rotatable bonds is 2. The van der Waals surface area contributed by atoms with Crippen LogP contribution in [0.5, 0.6) is 0 Å². The molecule has 9 heteroatoms. The van der Waals surface area contributed by atoms with Crippen LogP contribution in [0.3, 0.4) is 0 Å². The second kappa shape index (κ2) is 5.42. The lowest BCUT2D eigenvalue weighted by molar-refractivity contribution is -0.137. The predicted octanol–water partition coefficient (Wildman–Crippen LogP) is 3.08. The second-order valence-corrected chi connectivity index (χ2v) is 5.61. The minimum absolute atomic E-state index is 0.0175. The summed E-state index contributed by atoms with van der Waals surface area (Å²) in [7, 11) is 0. The minimum atomic E-state index is -4.45. The summed E-state index contributed by atoms with van der Waals surface area (Å²) in [5, 5.41) is 11.1. The fourth-order valence-electron chi connectivity index (χ4n) is 2.47. The van der Waals surface area contributed by atoms with E-state index < -0.39 is 11.7 Å². The van der Waals surface area contributed by atoms with Crippen molar-refractivity contribution in [3.8, 4) is 0 Å². The first-order chi connectivity index (χ1) is 10.3. The maximum atomic E-state index is 12.6. The molecule has 1 atom stereocenters. The molecule has 2 aromatic rings. The van der Waals surface area contributed by atoms with Crippen molar-refractivity contribution in [1.82, 2.24) is 19.7 Å². The van der Waals surface area contributed by atoms with Gasteiger partial charge in [0.25, 0.3) is 0 Å². The fourth-order valence-corrected chi connectivity index (χ4v) is 2.69. The smallest absolute Gasteiger partial charge is 0.364 e. The standard InChI is InChI=1S/C13H13ClF3N5/c1-7-20-21-11-3-2-9(6-22(7)11)19-12-10(14)4-8(5-18-12)13(15,16)17/h4-5,9H,2-3,6H2,1H3,(H,18,19). The molecule has 0 saturated carbocycles. The van der Waals surface area contributed by atoms with Crippen molar-refractivity contribution in [2.45, 2.75) is 38.5 Å². The summed E-state index contributed by atoms with van der Waals surface area (Å²) in [5.74, 6) is 1.99. The molecule has 0 amide bonds. The first kappa shape index (κ1) is 15.1. The van der Waals surface area contributed by atoms with E-state index in [9.17, 15) is 13.2 Å². The van der Waals surface area contributed by atoms with Gasteiger partial charge in [-0.15, -0.1) is 10.2 Å². The van der Waals surface area contributed by atoms with E-state index in [2.05, 4.69) is 20.5 Å². The van der Waals surface area contributed by atoms with E-state index in [-0.39, 0.29) is 16.9 Å². The molecule has 0 radical (unpaired) electrons. The Morgan fingerprint density at radius 3 is 2.82 bits per heavy atom. The summed E-state index contributed by atoms with van der Waals surface area (Å²) in [6, 6.07) is 0.902. The highest BCUT2D eigenvalue weighted by atomic mass is 35.5. The summed E-state index contributed by atoms with van der Waals surface area (Å²) >= 11 is 5.91. The molecular weight excluding hydrogens is 319 g/mol. The Morgan fingerprint density at radius 2 is 2.14 bits per heavy atom. The molecule has 1 unspecified atom stereocenters. The van der Waals surface area contributed by atoms with E-state index >= 15 is 0 Å². The highest BCUT2D eigenvalue weighted by molar-refractivity contribution is 6.33. The van der Waals surface area contributed by atoms with Crippen LogP contribution in [0.2, 0.25) is 5.02 Å². The number of aromatic nitrogens is 4. The Kier molecular flexibility index (Phi) is 3.72. The monoisotopic (exact) mass is 331 g/mol. The van der Waals surface area contributed by atoms with Crippen LogP contribution < -0.4 is 5.32 Å². The van der Waals surface area contributed by atoms with Gasteiger partial charge in [0.1, 0.15) is 17.5 Å². The van der Waals surface area contributed by atoms with Crippen molar-refractivity contribution in [1.29, 1.82) is 0 Å². The lowest BCUT2D eigenvalue weighted by Crippen LogP contribution is -2.32. The third-order valence-corrected chi connectivity index (χ3v) is 3.93. The zero-order chi connectivity index (χ0) is 15.9. The number of alkyl halides is 3. The molecule has 2 aromatic heterocycles. The van der Waals surface area contributed by atoms with E-state index in [1.807, 2.05) is 11.5 Å². The predicted molar refractivity (Wildman–Crippen MR) is 74.7 cm³/mol. The molecule has 0 aromatic carbocycles. The van der Waals surface area contributed by atoms with Crippen LogP contribution in [0.25, 0.3) is 0 Å². The Balaban J connectivity index is 1.76. The van der Waals surface area contributed by atoms with Gasteiger partial charge in [0.05, 0.1) is 10.6 Å². The molecule has 1 aliphatic rings. The van der Waals surface area contributed by atoms with E-state index in [1.165, 1.54) is 0 Å². The average Bonchev–Trinajstić information content (AvgIpc) is 2.81. The molecule has 0 fully saturated rings. The first-order valence-corrected chi connectivity index (χ1v) is 7.10. The molecule has 0 aliphatic carbocycles. The Hall–Kier alpha value is -1.83. The van der Waals surface area contributed by atoms with Crippen LogP contribution in [0.15, 0.2) is 12.3 Å². The summed E-state index contributed by atoms with van der Waals surface area (Å²) in [5.41, 5.74) is -0.858. The number of hydrogen-bond donors (Lipinski definition) is 1. The van der Waals surface area contributed by atoms with Crippen LogP contribution in [0.4, 0.5) is 19.0 Å². The molecule has 1 N–H and O–H groups in total. The lowest BCUT2D eigenvalue weighted by Gasteiger charge is -2.25. The van der Waals surface area contributed by atoms with Crippen molar-refractivity contribution < 1.29 is 13.2 Å². The number of anilines is 1. The van der Waals surface area contributed by atoms with Gasteiger partial charge in [-0.3, -0.25) is 0 Å². The van der Waals surface area contributed by atoms with Gasteiger partial charge in [-0.05, 0) is 19.4 Å². The Labute approximate surface area is 129 Å². The third-order valence-electron chi connectivity index (χ3n) is 3.64.